The van der Waals surface area contributed by atoms with E-state index >= 15 is 0 Å². The first-order chi connectivity index (χ1) is 7.99. The van der Waals surface area contributed by atoms with Gasteiger partial charge in [-0.3, -0.25) is 4.79 Å². The van der Waals surface area contributed by atoms with Crippen molar-refractivity contribution in [2.24, 2.45) is 0 Å². The van der Waals surface area contributed by atoms with Crippen molar-refractivity contribution >= 4 is 17.5 Å². The van der Waals surface area contributed by atoms with Gasteiger partial charge in [-0.05, 0) is 31.5 Å². The molecule has 0 spiro atoms. The molecule has 0 radical (unpaired) electrons. The highest BCUT2D eigenvalue weighted by Crippen LogP contribution is 2.12. The average molecular weight is 256 g/mol. The number of halogens is 1. The van der Waals surface area contributed by atoms with Gasteiger partial charge in [-0.2, -0.15) is 0 Å². The van der Waals surface area contributed by atoms with Gasteiger partial charge in [0.05, 0.1) is 6.10 Å². The standard InChI is InChI=1S/C13H18ClNO2/c1-10(2)17-9-13(16)15(3)8-11-5-4-6-12(14)7-11/h4-7,10H,8-9H2,1-3H3. The third kappa shape index (κ3) is 5.20. The summed E-state index contributed by atoms with van der Waals surface area (Å²) in [6, 6.07) is 7.49. The Morgan fingerprint density at radius 2 is 2.18 bits per heavy atom. The fourth-order valence-electron chi connectivity index (χ4n) is 1.35. The Balaban J connectivity index is 2.48. The number of likely N-dealkylation sites (N-methyl/N-ethyl adjacent to an activating group) is 1. The van der Waals surface area contributed by atoms with E-state index in [1.54, 1.807) is 11.9 Å². The lowest BCUT2D eigenvalue weighted by atomic mass is 10.2. The molecule has 4 heteroatoms. The lowest BCUT2D eigenvalue weighted by Gasteiger charge is -2.18. The Morgan fingerprint density at radius 1 is 1.47 bits per heavy atom. The van der Waals surface area contributed by atoms with Gasteiger partial charge in [0.15, 0.2) is 0 Å². The van der Waals surface area contributed by atoms with E-state index in [0.29, 0.717) is 11.6 Å². The van der Waals surface area contributed by atoms with Crippen LogP contribution < -0.4 is 0 Å². The lowest BCUT2D eigenvalue weighted by Crippen LogP contribution is -2.30. The van der Waals surface area contributed by atoms with Gasteiger partial charge >= 0.3 is 0 Å². The Kier molecular flexibility index (Phi) is 5.45. The molecule has 0 fully saturated rings. The summed E-state index contributed by atoms with van der Waals surface area (Å²) < 4.78 is 5.27. The molecule has 0 unspecified atom stereocenters. The first-order valence-electron chi connectivity index (χ1n) is 5.59. The van der Waals surface area contributed by atoms with E-state index in [4.69, 9.17) is 16.3 Å². The molecule has 3 nitrogen and oxygen atoms in total. The zero-order chi connectivity index (χ0) is 12.8. The van der Waals surface area contributed by atoms with E-state index < -0.39 is 0 Å². The van der Waals surface area contributed by atoms with Crippen molar-refractivity contribution in [1.29, 1.82) is 0 Å². The van der Waals surface area contributed by atoms with Crippen LogP contribution in [0.2, 0.25) is 5.02 Å². The van der Waals surface area contributed by atoms with Crippen LogP contribution in [0.3, 0.4) is 0 Å². The number of hydrogen-bond donors (Lipinski definition) is 0. The van der Waals surface area contributed by atoms with Crippen LogP contribution in [-0.2, 0) is 16.1 Å². The molecule has 94 valence electrons. The van der Waals surface area contributed by atoms with Gasteiger partial charge in [0.2, 0.25) is 5.91 Å². The van der Waals surface area contributed by atoms with E-state index in [9.17, 15) is 4.79 Å². The highest BCUT2D eigenvalue weighted by Gasteiger charge is 2.10. The van der Waals surface area contributed by atoms with Gasteiger partial charge in [-0.25, -0.2) is 0 Å². The van der Waals surface area contributed by atoms with Crippen LogP contribution in [0.4, 0.5) is 0 Å². The maximum atomic E-state index is 11.7. The molecular weight excluding hydrogens is 238 g/mol. The second-order valence-electron chi connectivity index (χ2n) is 4.24. The maximum absolute atomic E-state index is 11.7. The van der Waals surface area contributed by atoms with Crippen molar-refractivity contribution in [2.45, 2.75) is 26.5 Å². The molecule has 0 aromatic heterocycles. The third-order valence-corrected chi connectivity index (χ3v) is 2.51. The SMILES string of the molecule is CC(C)OCC(=O)N(C)Cc1cccc(Cl)c1. The largest absolute Gasteiger partial charge is 0.369 e. The molecule has 0 saturated carbocycles. The number of rotatable bonds is 5. The molecule has 0 atom stereocenters. The smallest absolute Gasteiger partial charge is 0.248 e. The quantitative estimate of drug-likeness (QED) is 0.810. The second-order valence-corrected chi connectivity index (χ2v) is 4.68. The van der Waals surface area contributed by atoms with Crippen molar-refractivity contribution in [2.75, 3.05) is 13.7 Å². The van der Waals surface area contributed by atoms with Crippen molar-refractivity contribution in [3.63, 3.8) is 0 Å². The van der Waals surface area contributed by atoms with Crippen molar-refractivity contribution in [3.8, 4) is 0 Å². The predicted octanol–water partition coefficient (Wildman–Crippen LogP) is 2.72. The molecule has 1 aromatic carbocycles. The molecule has 1 amide bonds. The van der Waals surface area contributed by atoms with Gasteiger partial charge in [0.1, 0.15) is 6.61 Å². The average Bonchev–Trinajstić information content (AvgIpc) is 2.25. The van der Waals surface area contributed by atoms with E-state index in [1.807, 2.05) is 38.1 Å². The minimum absolute atomic E-state index is 0.0290. The minimum Gasteiger partial charge on any atom is -0.369 e. The van der Waals surface area contributed by atoms with Crippen LogP contribution in [-0.4, -0.2) is 30.6 Å². The number of benzene rings is 1. The summed E-state index contributed by atoms with van der Waals surface area (Å²) in [6.45, 7) is 4.48. The van der Waals surface area contributed by atoms with Gasteiger partial charge in [0, 0.05) is 18.6 Å². The Bertz CT molecular complexity index is 379. The summed E-state index contributed by atoms with van der Waals surface area (Å²) in [5, 5.41) is 0.682. The summed E-state index contributed by atoms with van der Waals surface area (Å²) in [5.41, 5.74) is 1.01. The van der Waals surface area contributed by atoms with E-state index in [2.05, 4.69) is 0 Å². The fourth-order valence-corrected chi connectivity index (χ4v) is 1.56. The van der Waals surface area contributed by atoms with Crippen LogP contribution >= 0.6 is 11.6 Å². The molecule has 0 aliphatic heterocycles. The van der Waals surface area contributed by atoms with E-state index in [1.165, 1.54) is 0 Å². The minimum atomic E-state index is -0.0290. The summed E-state index contributed by atoms with van der Waals surface area (Å²) in [6.07, 6.45) is 0.0681. The molecule has 0 saturated heterocycles. The Hall–Kier alpha value is -1.06. The summed E-state index contributed by atoms with van der Waals surface area (Å²) in [4.78, 5) is 13.3. The first kappa shape index (κ1) is 14.0. The number of amides is 1. The summed E-state index contributed by atoms with van der Waals surface area (Å²) in [7, 11) is 1.76. The highest BCUT2D eigenvalue weighted by atomic mass is 35.5. The number of nitrogens with zero attached hydrogens (tertiary/aromatic N) is 1. The molecule has 0 bridgehead atoms. The van der Waals surface area contributed by atoms with Crippen LogP contribution in [0.25, 0.3) is 0 Å². The molecule has 1 aromatic rings. The monoisotopic (exact) mass is 255 g/mol. The predicted molar refractivity (Wildman–Crippen MR) is 69.0 cm³/mol. The van der Waals surface area contributed by atoms with Gasteiger partial charge < -0.3 is 9.64 Å². The lowest BCUT2D eigenvalue weighted by molar-refractivity contribution is -0.136. The van der Waals surface area contributed by atoms with E-state index in [0.717, 1.165) is 5.56 Å². The number of carbonyl (C=O) groups is 1. The number of carbonyl (C=O) groups excluding carboxylic acids is 1. The van der Waals surface area contributed by atoms with Crippen molar-refractivity contribution in [3.05, 3.63) is 34.9 Å². The molecule has 0 aliphatic rings. The zero-order valence-corrected chi connectivity index (χ0v) is 11.2. The molecule has 0 heterocycles. The molecular formula is C13H18ClNO2. The zero-order valence-electron chi connectivity index (χ0n) is 10.4. The summed E-state index contributed by atoms with van der Waals surface area (Å²) in [5.74, 6) is -0.0290. The first-order valence-corrected chi connectivity index (χ1v) is 5.97. The Labute approximate surface area is 107 Å². The molecule has 1 rings (SSSR count). The normalized spacial score (nSPS) is 10.6. The highest BCUT2D eigenvalue weighted by molar-refractivity contribution is 6.30. The van der Waals surface area contributed by atoms with Crippen LogP contribution in [0.1, 0.15) is 19.4 Å². The van der Waals surface area contributed by atoms with Crippen LogP contribution in [0.5, 0.6) is 0 Å². The fraction of sp³-hybridized carbons (Fsp3) is 0.462. The maximum Gasteiger partial charge on any atom is 0.248 e. The molecule has 0 aliphatic carbocycles. The van der Waals surface area contributed by atoms with E-state index in [-0.39, 0.29) is 18.6 Å². The third-order valence-electron chi connectivity index (χ3n) is 2.27. The van der Waals surface area contributed by atoms with Crippen molar-refractivity contribution in [1.82, 2.24) is 4.90 Å². The number of hydrogen-bond acceptors (Lipinski definition) is 2. The molecule has 17 heavy (non-hydrogen) atoms. The van der Waals surface area contributed by atoms with Crippen molar-refractivity contribution < 1.29 is 9.53 Å². The van der Waals surface area contributed by atoms with Crippen LogP contribution in [0.15, 0.2) is 24.3 Å². The van der Waals surface area contributed by atoms with Gasteiger partial charge in [-0.15, -0.1) is 0 Å². The second kappa shape index (κ2) is 6.62. The van der Waals surface area contributed by atoms with Gasteiger partial charge in [-0.1, -0.05) is 23.7 Å². The van der Waals surface area contributed by atoms with Gasteiger partial charge in [0.25, 0.3) is 0 Å². The molecule has 0 N–H and O–H groups in total. The van der Waals surface area contributed by atoms with Crippen LogP contribution in [0, 0.1) is 0 Å². The topological polar surface area (TPSA) is 29.5 Å². The summed E-state index contributed by atoms with van der Waals surface area (Å²) >= 11 is 5.88. The number of ether oxygens (including phenoxy) is 1. The Morgan fingerprint density at radius 3 is 2.76 bits per heavy atom.